The van der Waals surface area contributed by atoms with E-state index >= 15 is 0 Å². The predicted molar refractivity (Wildman–Crippen MR) is 51.4 cm³/mol. The lowest BCUT2D eigenvalue weighted by molar-refractivity contribution is -0.126. The second-order valence-electron chi connectivity index (χ2n) is 4.81. The minimum absolute atomic E-state index is 0.0363. The summed E-state index contributed by atoms with van der Waals surface area (Å²) in [5, 5.41) is 0. The van der Waals surface area contributed by atoms with E-state index in [1.165, 1.54) is 0 Å². The molecule has 76 valence electrons. The normalized spacial score (nSPS) is 26.0. The molecule has 2 unspecified atom stereocenters. The predicted octanol–water partition coefficient (Wildman–Crippen LogP) is 0.965. The summed E-state index contributed by atoms with van der Waals surface area (Å²) in [6.07, 6.45) is 0.836. The van der Waals surface area contributed by atoms with Crippen molar-refractivity contribution in [2.24, 2.45) is 17.1 Å². The van der Waals surface area contributed by atoms with Crippen molar-refractivity contribution in [3.05, 3.63) is 0 Å². The summed E-state index contributed by atoms with van der Waals surface area (Å²) in [7, 11) is 0. The Labute approximate surface area is 79.6 Å². The van der Waals surface area contributed by atoms with Crippen LogP contribution in [0.5, 0.6) is 0 Å². The van der Waals surface area contributed by atoms with Crippen LogP contribution in [0, 0.1) is 11.3 Å². The van der Waals surface area contributed by atoms with Gasteiger partial charge in [0.25, 0.3) is 0 Å². The highest BCUT2D eigenvalue weighted by molar-refractivity contribution is 5.87. The smallest absolute Gasteiger partial charge is 0.155 e. The number of hydrogen-bond donors (Lipinski definition) is 1. The van der Waals surface area contributed by atoms with Crippen molar-refractivity contribution in [3.63, 3.8) is 0 Å². The van der Waals surface area contributed by atoms with Gasteiger partial charge in [0.2, 0.25) is 0 Å². The number of rotatable bonds is 2. The molecule has 2 atom stereocenters. The van der Waals surface area contributed by atoms with Crippen LogP contribution < -0.4 is 5.73 Å². The molecule has 13 heavy (non-hydrogen) atoms. The molecule has 1 heterocycles. The second-order valence-corrected chi connectivity index (χ2v) is 4.81. The van der Waals surface area contributed by atoms with Crippen molar-refractivity contribution in [2.45, 2.75) is 33.2 Å². The summed E-state index contributed by atoms with van der Waals surface area (Å²) in [5.41, 5.74) is 5.73. The Balaban J connectivity index is 2.56. The molecule has 3 heteroatoms. The number of ether oxygens (including phenoxy) is 1. The SMILES string of the molecule is CC(C)(C)C(N)C(=O)C1CCOC1. The number of carbonyl (C=O) groups is 1. The summed E-state index contributed by atoms with van der Waals surface area (Å²) >= 11 is 0. The van der Waals surface area contributed by atoms with Gasteiger partial charge < -0.3 is 10.5 Å². The van der Waals surface area contributed by atoms with Crippen molar-refractivity contribution >= 4 is 5.78 Å². The second kappa shape index (κ2) is 3.76. The molecule has 0 radical (unpaired) electrons. The maximum Gasteiger partial charge on any atom is 0.155 e. The summed E-state index contributed by atoms with van der Waals surface area (Å²) in [6.45, 7) is 7.23. The van der Waals surface area contributed by atoms with E-state index in [9.17, 15) is 4.79 Å². The fourth-order valence-corrected chi connectivity index (χ4v) is 1.44. The van der Waals surface area contributed by atoms with E-state index < -0.39 is 0 Å². The molecule has 0 aromatic carbocycles. The van der Waals surface area contributed by atoms with E-state index in [4.69, 9.17) is 10.5 Å². The molecule has 0 bridgehead atoms. The first-order chi connectivity index (χ1) is 5.93. The Hall–Kier alpha value is -0.410. The molecule has 1 aliphatic rings. The third-order valence-corrected chi connectivity index (χ3v) is 2.57. The first kappa shape index (κ1) is 10.7. The van der Waals surface area contributed by atoms with Crippen molar-refractivity contribution in [1.29, 1.82) is 0 Å². The van der Waals surface area contributed by atoms with Crippen LogP contribution in [-0.4, -0.2) is 25.0 Å². The zero-order valence-electron chi connectivity index (χ0n) is 8.67. The van der Waals surface area contributed by atoms with Crippen molar-refractivity contribution in [2.75, 3.05) is 13.2 Å². The fraction of sp³-hybridized carbons (Fsp3) is 0.900. The number of ketones is 1. The van der Waals surface area contributed by atoms with Crippen LogP contribution in [0.1, 0.15) is 27.2 Å². The molecule has 1 rings (SSSR count). The Morgan fingerprint density at radius 3 is 2.54 bits per heavy atom. The molecule has 0 saturated carbocycles. The largest absolute Gasteiger partial charge is 0.381 e. The molecule has 0 amide bonds. The third-order valence-electron chi connectivity index (χ3n) is 2.57. The van der Waals surface area contributed by atoms with E-state index in [-0.39, 0.29) is 23.2 Å². The summed E-state index contributed by atoms with van der Waals surface area (Å²) in [4.78, 5) is 11.8. The van der Waals surface area contributed by atoms with Gasteiger partial charge in [0.15, 0.2) is 5.78 Å². The van der Waals surface area contributed by atoms with Crippen LogP contribution in [-0.2, 0) is 9.53 Å². The number of nitrogens with two attached hydrogens (primary N) is 1. The lowest BCUT2D eigenvalue weighted by Gasteiger charge is -2.27. The maximum absolute atomic E-state index is 11.8. The topological polar surface area (TPSA) is 52.3 Å². The van der Waals surface area contributed by atoms with Gasteiger partial charge in [-0.3, -0.25) is 4.79 Å². The Morgan fingerprint density at radius 1 is 1.54 bits per heavy atom. The lowest BCUT2D eigenvalue weighted by Crippen LogP contribution is -2.45. The van der Waals surface area contributed by atoms with Crippen LogP contribution >= 0.6 is 0 Å². The highest BCUT2D eigenvalue weighted by Crippen LogP contribution is 2.23. The average molecular weight is 185 g/mol. The van der Waals surface area contributed by atoms with Crippen LogP contribution in [0.25, 0.3) is 0 Å². The highest BCUT2D eigenvalue weighted by atomic mass is 16.5. The van der Waals surface area contributed by atoms with E-state index in [1.807, 2.05) is 20.8 Å². The zero-order chi connectivity index (χ0) is 10.1. The maximum atomic E-state index is 11.8. The van der Waals surface area contributed by atoms with E-state index in [2.05, 4.69) is 0 Å². The first-order valence-electron chi connectivity index (χ1n) is 4.80. The standard InChI is InChI=1S/C10H19NO2/c1-10(2,3)9(11)8(12)7-4-5-13-6-7/h7,9H,4-6,11H2,1-3H3. The molecule has 0 aliphatic carbocycles. The molecule has 2 N–H and O–H groups in total. The van der Waals surface area contributed by atoms with E-state index in [0.717, 1.165) is 6.42 Å². The lowest BCUT2D eigenvalue weighted by atomic mass is 9.81. The molecule has 3 nitrogen and oxygen atoms in total. The number of Topliss-reactive ketones (excluding diaryl/α,β-unsaturated/α-hetero) is 1. The summed E-state index contributed by atoms with van der Waals surface area (Å²) in [5.74, 6) is 0.194. The van der Waals surface area contributed by atoms with Crippen LogP contribution in [0.4, 0.5) is 0 Å². The van der Waals surface area contributed by atoms with Crippen molar-refractivity contribution in [1.82, 2.24) is 0 Å². The van der Waals surface area contributed by atoms with Crippen LogP contribution in [0.2, 0.25) is 0 Å². The minimum Gasteiger partial charge on any atom is -0.381 e. The van der Waals surface area contributed by atoms with Gasteiger partial charge in [-0.2, -0.15) is 0 Å². The molecule has 1 fully saturated rings. The van der Waals surface area contributed by atoms with Gasteiger partial charge >= 0.3 is 0 Å². The third kappa shape index (κ3) is 2.51. The molecule has 1 aliphatic heterocycles. The molecule has 0 aromatic heterocycles. The first-order valence-corrected chi connectivity index (χ1v) is 4.80. The monoisotopic (exact) mass is 185 g/mol. The van der Waals surface area contributed by atoms with Crippen LogP contribution in [0.3, 0.4) is 0 Å². The highest BCUT2D eigenvalue weighted by Gasteiger charge is 2.34. The minimum atomic E-state index is -0.362. The Bertz CT molecular complexity index is 190. The molecule has 0 aromatic rings. The quantitative estimate of drug-likeness (QED) is 0.697. The molecule has 0 spiro atoms. The number of hydrogen-bond acceptors (Lipinski definition) is 3. The van der Waals surface area contributed by atoms with E-state index in [1.54, 1.807) is 0 Å². The Kier molecular flexibility index (Phi) is 3.09. The fourth-order valence-electron chi connectivity index (χ4n) is 1.44. The van der Waals surface area contributed by atoms with Gasteiger partial charge in [0.05, 0.1) is 12.6 Å². The van der Waals surface area contributed by atoms with Crippen molar-refractivity contribution < 1.29 is 9.53 Å². The van der Waals surface area contributed by atoms with E-state index in [0.29, 0.717) is 13.2 Å². The zero-order valence-corrected chi connectivity index (χ0v) is 8.67. The molecular formula is C10H19NO2. The van der Waals surface area contributed by atoms with Gasteiger partial charge in [-0.15, -0.1) is 0 Å². The van der Waals surface area contributed by atoms with Gasteiger partial charge in [-0.25, -0.2) is 0 Å². The van der Waals surface area contributed by atoms with Gasteiger partial charge in [0.1, 0.15) is 0 Å². The Morgan fingerprint density at radius 2 is 2.15 bits per heavy atom. The van der Waals surface area contributed by atoms with Gasteiger partial charge in [0, 0.05) is 12.5 Å². The van der Waals surface area contributed by atoms with Crippen LogP contribution in [0.15, 0.2) is 0 Å². The van der Waals surface area contributed by atoms with Crippen molar-refractivity contribution in [3.8, 4) is 0 Å². The van der Waals surface area contributed by atoms with Gasteiger partial charge in [-0.05, 0) is 11.8 Å². The molecular weight excluding hydrogens is 166 g/mol. The summed E-state index contributed by atoms with van der Waals surface area (Å²) in [6, 6.07) is -0.362. The molecule has 1 saturated heterocycles. The van der Waals surface area contributed by atoms with Gasteiger partial charge in [-0.1, -0.05) is 20.8 Å². The number of carbonyl (C=O) groups excluding carboxylic acids is 1. The average Bonchev–Trinajstić information content (AvgIpc) is 2.51. The summed E-state index contributed by atoms with van der Waals surface area (Å²) < 4.78 is 5.16.